The number of carbonyl (C=O) groups excluding carboxylic acids is 2. The van der Waals surface area contributed by atoms with Gasteiger partial charge in [-0.25, -0.2) is 0 Å². The van der Waals surface area contributed by atoms with Gasteiger partial charge in [-0.1, -0.05) is 18.2 Å². The summed E-state index contributed by atoms with van der Waals surface area (Å²) in [5.41, 5.74) is 7.27. The zero-order valence-electron chi connectivity index (χ0n) is 14.0. The van der Waals surface area contributed by atoms with Crippen LogP contribution in [0, 0.1) is 0 Å². The molecule has 0 bridgehead atoms. The van der Waals surface area contributed by atoms with Gasteiger partial charge in [-0.15, -0.1) is 0 Å². The number of hydrogen-bond donors (Lipinski definition) is 2. The summed E-state index contributed by atoms with van der Waals surface area (Å²) in [6, 6.07) is 9.77. The zero-order valence-corrected chi connectivity index (χ0v) is 14.0. The molecule has 1 fully saturated rings. The van der Waals surface area contributed by atoms with Crippen LogP contribution in [0.15, 0.2) is 30.3 Å². The van der Waals surface area contributed by atoms with Crippen molar-refractivity contribution in [3.05, 3.63) is 36.0 Å². The first-order chi connectivity index (χ1) is 11.5. The van der Waals surface area contributed by atoms with Gasteiger partial charge in [-0.2, -0.15) is 0 Å². The lowest BCUT2D eigenvalue weighted by Crippen LogP contribution is -2.50. The van der Waals surface area contributed by atoms with Gasteiger partial charge in [0.1, 0.15) is 5.69 Å². The molecule has 6 heteroatoms. The molecule has 1 aliphatic rings. The predicted octanol–water partition coefficient (Wildman–Crippen LogP) is 1.58. The Morgan fingerprint density at radius 2 is 1.83 bits per heavy atom. The number of carbonyl (C=O) groups is 2. The van der Waals surface area contributed by atoms with E-state index in [0.717, 1.165) is 10.9 Å². The maximum atomic E-state index is 12.6. The molecule has 2 aromatic rings. The predicted molar refractivity (Wildman–Crippen MR) is 93.7 cm³/mol. The van der Waals surface area contributed by atoms with E-state index in [2.05, 4.69) is 4.98 Å². The van der Waals surface area contributed by atoms with Crippen molar-refractivity contribution in [1.29, 1.82) is 0 Å². The standard InChI is InChI=1S/C18H24N4O2/c1-13(19)6-7-17(23)21-8-10-22(11-9-21)18(24)16-12-14-4-2-3-5-15(14)20-16/h2-5,12-13,20H,6-11,19H2,1H3. The van der Waals surface area contributed by atoms with Gasteiger partial charge >= 0.3 is 0 Å². The van der Waals surface area contributed by atoms with Crippen LogP contribution in [0.5, 0.6) is 0 Å². The van der Waals surface area contributed by atoms with Gasteiger partial charge in [0.25, 0.3) is 5.91 Å². The summed E-state index contributed by atoms with van der Waals surface area (Å²) >= 11 is 0. The number of nitrogens with zero attached hydrogens (tertiary/aromatic N) is 2. The fraction of sp³-hybridized carbons (Fsp3) is 0.444. The number of amides is 2. The molecule has 0 saturated carbocycles. The molecule has 24 heavy (non-hydrogen) atoms. The first kappa shape index (κ1) is 16.5. The van der Waals surface area contributed by atoms with Crippen molar-refractivity contribution in [3.63, 3.8) is 0 Å². The van der Waals surface area contributed by atoms with Crippen LogP contribution >= 0.6 is 0 Å². The Kier molecular flexibility index (Phi) is 4.85. The van der Waals surface area contributed by atoms with Gasteiger partial charge < -0.3 is 20.5 Å². The van der Waals surface area contributed by atoms with Crippen molar-refractivity contribution in [1.82, 2.24) is 14.8 Å². The molecular formula is C18H24N4O2. The molecule has 1 unspecified atom stereocenters. The topological polar surface area (TPSA) is 82.4 Å². The Hall–Kier alpha value is -2.34. The van der Waals surface area contributed by atoms with Crippen LogP contribution in [0.3, 0.4) is 0 Å². The first-order valence-electron chi connectivity index (χ1n) is 8.45. The van der Waals surface area contributed by atoms with Gasteiger partial charge in [-0.05, 0) is 25.5 Å². The van der Waals surface area contributed by atoms with Crippen LogP contribution in [0.2, 0.25) is 0 Å². The van der Waals surface area contributed by atoms with E-state index in [-0.39, 0.29) is 17.9 Å². The minimum absolute atomic E-state index is 0.00567. The highest BCUT2D eigenvalue weighted by Crippen LogP contribution is 2.17. The first-order valence-corrected chi connectivity index (χ1v) is 8.45. The van der Waals surface area contributed by atoms with Gasteiger partial charge in [0.2, 0.25) is 5.91 Å². The monoisotopic (exact) mass is 328 g/mol. The maximum absolute atomic E-state index is 12.6. The molecule has 1 aromatic heterocycles. The number of fused-ring (bicyclic) bond motifs is 1. The number of piperazine rings is 1. The third-order valence-electron chi connectivity index (χ3n) is 4.49. The SMILES string of the molecule is CC(N)CCC(=O)N1CCN(C(=O)c2cc3ccccc3[nH]2)CC1. The summed E-state index contributed by atoms with van der Waals surface area (Å²) in [4.78, 5) is 31.6. The van der Waals surface area contributed by atoms with Crippen molar-refractivity contribution in [2.24, 2.45) is 5.73 Å². The lowest BCUT2D eigenvalue weighted by Gasteiger charge is -2.34. The average Bonchev–Trinajstić information content (AvgIpc) is 3.03. The molecule has 0 radical (unpaired) electrons. The van der Waals surface area contributed by atoms with Gasteiger partial charge in [-0.3, -0.25) is 9.59 Å². The van der Waals surface area contributed by atoms with Crippen LogP contribution < -0.4 is 5.73 Å². The van der Waals surface area contributed by atoms with Crippen molar-refractivity contribution in [3.8, 4) is 0 Å². The van der Waals surface area contributed by atoms with E-state index in [4.69, 9.17) is 5.73 Å². The summed E-state index contributed by atoms with van der Waals surface area (Å²) in [6.07, 6.45) is 1.18. The summed E-state index contributed by atoms with van der Waals surface area (Å²) < 4.78 is 0. The number of para-hydroxylation sites is 1. The number of nitrogens with two attached hydrogens (primary N) is 1. The fourth-order valence-corrected chi connectivity index (χ4v) is 3.03. The number of rotatable bonds is 4. The van der Waals surface area contributed by atoms with E-state index >= 15 is 0 Å². The normalized spacial score (nSPS) is 16.4. The lowest BCUT2D eigenvalue weighted by atomic mass is 10.1. The summed E-state index contributed by atoms with van der Waals surface area (Å²) in [5.74, 6) is 0.124. The third kappa shape index (κ3) is 3.59. The molecule has 1 saturated heterocycles. The molecule has 2 heterocycles. The zero-order chi connectivity index (χ0) is 17.1. The van der Waals surface area contributed by atoms with Crippen molar-refractivity contribution in [2.45, 2.75) is 25.8 Å². The van der Waals surface area contributed by atoms with Crippen LogP contribution in [0.1, 0.15) is 30.3 Å². The van der Waals surface area contributed by atoms with Crippen LogP contribution in [-0.4, -0.2) is 58.8 Å². The number of aromatic nitrogens is 1. The van der Waals surface area contributed by atoms with Crippen molar-refractivity contribution in [2.75, 3.05) is 26.2 Å². The third-order valence-corrected chi connectivity index (χ3v) is 4.49. The molecule has 1 aromatic carbocycles. The van der Waals surface area contributed by atoms with E-state index in [9.17, 15) is 9.59 Å². The lowest BCUT2D eigenvalue weighted by molar-refractivity contribution is -0.132. The molecular weight excluding hydrogens is 304 g/mol. The number of nitrogens with one attached hydrogen (secondary N) is 1. The van der Waals surface area contributed by atoms with Crippen molar-refractivity contribution >= 4 is 22.7 Å². The van der Waals surface area contributed by atoms with Gasteiger partial charge in [0.05, 0.1) is 0 Å². The average molecular weight is 328 g/mol. The number of hydrogen-bond acceptors (Lipinski definition) is 3. The van der Waals surface area contributed by atoms with Gasteiger partial charge in [0.15, 0.2) is 0 Å². The van der Waals surface area contributed by atoms with Crippen LogP contribution in [0.25, 0.3) is 10.9 Å². The maximum Gasteiger partial charge on any atom is 0.270 e. The Balaban J connectivity index is 1.58. The largest absolute Gasteiger partial charge is 0.351 e. The van der Waals surface area contributed by atoms with E-state index in [1.54, 1.807) is 4.90 Å². The van der Waals surface area contributed by atoms with E-state index in [1.165, 1.54) is 0 Å². The number of aromatic amines is 1. The number of benzene rings is 1. The molecule has 0 aliphatic carbocycles. The molecule has 3 N–H and O–H groups in total. The minimum Gasteiger partial charge on any atom is -0.351 e. The Morgan fingerprint density at radius 1 is 1.17 bits per heavy atom. The van der Waals surface area contributed by atoms with Crippen molar-refractivity contribution < 1.29 is 9.59 Å². The van der Waals surface area contributed by atoms with Crippen LogP contribution in [0.4, 0.5) is 0 Å². The summed E-state index contributed by atoms with van der Waals surface area (Å²) in [7, 11) is 0. The molecule has 0 spiro atoms. The minimum atomic E-state index is -0.00567. The van der Waals surface area contributed by atoms with E-state index in [1.807, 2.05) is 42.2 Å². The summed E-state index contributed by atoms with van der Waals surface area (Å²) in [5, 5.41) is 1.03. The van der Waals surface area contributed by atoms with E-state index in [0.29, 0.717) is 44.7 Å². The quantitative estimate of drug-likeness (QED) is 0.894. The molecule has 1 atom stereocenters. The fourth-order valence-electron chi connectivity index (χ4n) is 3.03. The van der Waals surface area contributed by atoms with E-state index < -0.39 is 0 Å². The Labute approximate surface area is 141 Å². The second kappa shape index (κ2) is 7.05. The van der Waals surface area contributed by atoms with Gasteiger partial charge in [0, 0.05) is 49.5 Å². The molecule has 3 rings (SSSR count). The Bertz CT molecular complexity index is 696. The van der Waals surface area contributed by atoms with Crippen LogP contribution in [-0.2, 0) is 4.79 Å². The highest BCUT2D eigenvalue weighted by Gasteiger charge is 2.25. The highest BCUT2D eigenvalue weighted by atomic mass is 16.2. The number of H-pyrrole nitrogens is 1. The molecule has 2 amide bonds. The second-order valence-electron chi connectivity index (χ2n) is 6.46. The highest BCUT2D eigenvalue weighted by molar-refractivity contribution is 5.98. The Morgan fingerprint density at radius 3 is 2.50 bits per heavy atom. The molecule has 128 valence electrons. The molecule has 6 nitrogen and oxygen atoms in total. The summed E-state index contributed by atoms with van der Waals surface area (Å²) in [6.45, 7) is 4.22. The molecule has 1 aliphatic heterocycles. The smallest absolute Gasteiger partial charge is 0.270 e. The second-order valence-corrected chi connectivity index (χ2v) is 6.46.